The summed E-state index contributed by atoms with van der Waals surface area (Å²) in [6.45, 7) is 0. The Balaban J connectivity index is 2.16. The predicted molar refractivity (Wildman–Crippen MR) is 65.3 cm³/mol. The van der Waals surface area contributed by atoms with Crippen molar-refractivity contribution in [2.45, 2.75) is 0 Å². The zero-order valence-corrected chi connectivity index (χ0v) is 9.28. The van der Waals surface area contributed by atoms with Crippen molar-refractivity contribution in [3.63, 3.8) is 0 Å². The molecule has 0 radical (unpaired) electrons. The molecule has 6 nitrogen and oxygen atoms in total. The highest BCUT2D eigenvalue weighted by atomic mass is 15.3. The molecule has 18 heavy (non-hydrogen) atoms. The lowest BCUT2D eigenvalue weighted by molar-refractivity contribution is 0.962. The number of rotatable bonds is 1. The summed E-state index contributed by atoms with van der Waals surface area (Å²) in [5, 5.41) is 12.8. The molecule has 3 rings (SSSR count). The zero-order valence-electron chi connectivity index (χ0n) is 9.28. The van der Waals surface area contributed by atoms with Gasteiger partial charge in [-0.2, -0.15) is 10.4 Å². The fourth-order valence-electron chi connectivity index (χ4n) is 1.76. The van der Waals surface area contributed by atoms with Crippen molar-refractivity contribution >= 4 is 11.5 Å². The van der Waals surface area contributed by atoms with E-state index < -0.39 is 0 Å². The molecule has 0 spiro atoms. The van der Waals surface area contributed by atoms with Gasteiger partial charge in [0.1, 0.15) is 23.9 Å². The van der Waals surface area contributed by atoms with E-state index in [-0.39, 0.29) is 0 Å². The van der Waals surface area contributed by atoms with Gasteiger partial charge in [-0.1, -0.05) is 0 Å². The van der Waals surface area contributed by atoms with Crippen molar-refractivity contribution < 1.29 is 0 Å². The SMILES string of the molecule is N#Cc1ccc(-c2ccc3ncnn3c2)c(N)n1. The average Bonchev–Trinajstić information content (AvgIpc) is 2.85. The van der Waals surface area contributed by atoms with E-state index in [1.54, 1.807) is 16.6 Å². The highest BCUT2D eigenvalue weighted by Gasteiger charge is 2.06. The molecule has 2 N–H and O–H groups in total. The van der Waals surface area contributed by atoms with Crippen LogP contribution in [-0.4, -0.2) is 19.6 Å². The Hall–Kier alpha value is -2.94. The van der Waals surface area contributed by atoms with Crippen molar-refractivity contribution in [2.75, 3.05) is 5.73 Å². The highest BCUT2D eigenvalue weighted by molar-refractivity contribution is 5.74. The summed E-state index contributed by atoms with van der Waals surface area (Å²) in [5.41, 5.74) is 8.55. The fourth-order valence-corrected chi connectivity index (χ4v) is 1.76. The second-order valence-electron chi connectivity index (χ2n) is 3.72. The van der Waals surface area contributed by atoms with Gasteiger partial charge in [0.15, 0.2) is 5.65 Å². The molecule has 0 fully saturated rings. The molecule has 0 aliphatic rings. The first-order valence-electron chi connectivity index (χ1n) is 5.24. The minimum atomic E-state index is 0.304. The summed E-state index contributed by atoms with van der Waals surface area (Å²) < 4.78 is 1.66. The number of anilines is 1. The van der Waals surface area contributed by atoms with Gasteiger partial charge in [0.2, 0.25) is 0 Å². The number of hydrogen-bond donors (Lipinski definition) is 1. The van der Waals surface area contributed by atoms with E-state index >= 15 is 0 Å². The lowest BCUT2D eigenvalue weighted by Crippen LogP contribution is -1.97. The molecule has 6 heteroatoms. The molecule has 86 valence electrons. The molecule has 0 saturated heterocycles. The Morgan fingerprint density at radius 1 is 1.22 bits per heavy atom. The van der Waals surface area contributed by atoms with E-state index in [1.807, 2.05) is 24.4 Å². The van der Waals surface area contributed by atoms with Crippen LogP contribution in [0.3, 0.4) is 0 Å². The Morgan fingerprint density at radius 2 is 2.11 bits per heavy atom. The lowest BCUT2D eigenvalue weighted by Gasteiger charge is -2.05. The monoisotopic (exact) mass is 236 g/mol. The van der Waals surface area contributed by atoms with Crippen LogP contribution >= 0.6 is 0 Å². The Bertz CT molecular complexity index is 768. The second kappa shape index (κ2) is 3.82. The normalized spacial score (nSPS) is 10.4. The van der Waals surface area contributed by atoms with Crippen LogP contribution in [0, 0.1) is 11.3 Å². The van der Waals surface area contributed by atoms with Crippen molar-refractivity contribution in [2.24, 2.45) is 0 Å². The van der Waals surface area contributed by atoms with Gasteiger partial charge in [-0.3, -0.25) is 0 Å². The van der Waals surface area contributed by atoms with Gasteiger partial charge >= 0.3 is 0 Å². The molecule has 3 aromatic rings. The molecule has 0 aliphatic heterocycles. The van der Waals surface area contributed by atoms with Gasteiger partial charge in [0.25, 0.3) is 0 Å². The van der Waals surface area contributed by atoms with Gasteiger partial charge in [0.05, 0.1) is 0 Å². The Morgan fingerprint density at radius 3 is 2.89 bits per heavy atom. The minimum Gasteiger partial charge on any atom is -0.383 e. The van der Waals surface area contributed by atoms with E-state index in [0.29, 0.717) is 11.5 Å². The highest BCUT2D eigenvalue weighted by Crippen LogP contribution is 2.24. The van der Waals surface area contributed by atoms with E-state index in [9.17, 15) is 0 Å². The van der Waals surface area contributed by atoms with Gasteiger partial charge in [-0.25, -0.2) is 14.5 Å². The number of fused-ring (bicyclic) bond motifs is 1. The summed E-state index contributed by atoms with van der Waals surface area (Å²) in [6.07, 6.45) is 3.31. The topological polar surface area (TPSA) is 92.9 Å². The summed E-state index contributed by atoms with van der Waals surface area (Å²) in [6, 6.07) is 9.11. The Labute approximate surface area is 102 Å². The van der Waals surface area contributed by atoms with Crippen LogP contribution in [0.1, 0.15) is 5.69 Å². The molecule has 0 aromatic carbocycles. The van der Waals surface area contributed by atoms with Crippen LogP contribution < -0.4 is 5.73 Å². The maximum Gasteiger partial charge on any atom is 0.155 e. The maximum absolute atomic E-state index is 8.75. The largest absolute Gasteiger partial charge is 0.383 e. The molecule has 0 unspecified atom stereocenters. The number of nitrogens with two attached hydrogens (primary N) is 1. The third-order valence-electron chi connectivity index (χ3n) is 2.62. The van der Waals surface area contributed by atoms with Gasteiger partial charge in [-0.15, -0.1) is 0 Å². The number of aromatic nitrogens is 4. The van der Waals surface area contributed by atoms with Crippen molar-refractivity contribution in [1.82, 2.24) is 19.6 Å². The van der Waals surface area contributed by atoms with Gasteiger partial charge in [-0.05, 0) is 24.3 Å². The molecule has 0 atom stereocenters. The summed E-state index contributed by atoms with van der Waals surface area (Å²) in [5.74, 6) is 0.327. The van der Waals surface area contributed by atoms with Gasteiger partial charge in [0, 0.05) is 17.3 Å². The van der Waals surface area contributed by atoms with Crippen LogP contribution in [0.2, 0.25) is 0 Å². The molecular weight excluding hydrogens is 228 g/mol. The van der Waals surface area contributed by atoms with Crippen LogP contribution in [0.4, 0.5) is 5.82 Å². The first-order chi connectivity index (χ1) is 8.78. The van der Waals surface area contributed by atoms with Gasteiger partial charge < -0.3 is 5.73 Å². The van der Waals surface area contributed by atoms with Crippen molar-refractivity contribution in [3.8, 4) is 17.2 Å². The first-order valence-corrected chi connectivity index (χ1v) is 5.24. The molecule has 3 heterocycles. The van der Waals surface area contributed by atoms with Crippen LogP contribution in [0.5, 0.6) is 0 Å². The number of nitriles is 1. The molecule has 0 amide bonds. The predicted octanol–water partition coefficient (Wildman–Crippen LogP) is 1.25. The van der Waals surface area contributed by atoms with E-state index in [4.69, 9.17) is 11.0 Å². The van der Waals surface area contributed by atoms with Crippen LogP contribution in [0.15, 0.2) is 36.8 Å². The quantitative estimate of drug-likeness (QED) is 0.686. The van der Waals surface area contributed by atoms with E-state index in [0.717, 1.165) is 16.8 Å². The van der Waals surface area contributed by atoms with Crippen molar-refractivity contribution in [1.29, 1.82) is 5.26 Å². The average molecular weight is 236 g/mol. The second-order valence-corrected chi connectivity index (χ2v) is 3.72. The maximum atomic E-state index is 8.75. The minimum absolute atomic E-state index is 0.304. The fraction of sp³-hybridized carbons (Fsp3) is 0. The van der Waals surface area contributed by atoms with Crippen LogP contribution in [0.25, 0.3) is 16.8 Å². The third kappa shape index (κ3) is 1.55. The first kappa shape index (κ1) is 10.2. The zero-order chi connectivity index (χ0) is 12.5. The lowest BCUT2D eigenvalue weighted by atomic mass is 10.1. The van der Waals surface area contributed by atoms with E-state index in [2.05, 4.69) is 15.1 Å². The van der Waals surface area contributed by atoms with Crippen LogP contribution in [-0.2, 0) is 0 Å². The molecular formula is C12H8N6. The van der Waals surface area contributed by atoms with Crippen molar-refractivity contribution in [3.05, 3.63) is 42.5 Å². The molecule has 0 saturated carbocycles. The number of nitrogens with zero attached hydrogens (tertiary/aromatic N) is 5. The smallest absolute Gasteiger partial charge is 0.155 e. The number of pyridine rings is 2. The molecule has 3 aromatic heterocycles. The molecule has 0 bridgehead atoms. The molecule has 0 aliphatic carbocycles. The third-order valence-corrected chi connectivity index (χ3v) is 2.62. The standard InChI is InChI=1S/C12H8N6/c13-5-9-2-3-10(12(14)17-9)8-1-4-11-15-7-16-18(11)6-8/h1-4,6-7H,(H2,14,17). The number of nitrogen functional groups attached to an aromatic ring is 1. The Kier molecular flexibility index (Phi) is 2.17. The van der Waals surface area contributed by atoms with E-state index in [1.165, 1.54) is 6.33 Å². The summed E-state index contributed by atoms with van der Waals surface area (Å²) >= 11 is 0. The summed E-state index contributed by atoms with van der Waals surface area (Å²) in [7, 11) is 0. The number of hydrogen-bond acceptors (Lipinski definition) is 5. The summed E-state index contributed by atoms with van der Waals surface area (Å²) in [4.78, 5) is 8.07.